The Labute approximate surface area is 77.2 Å². The number of hydrogen-bond donors (Lipinski definition) is 0. The third-order valence-corrected chi connectivity index (χ3v) is 1.80. The molecule has 0 aliphatic carbocycles. The lowest BCUT2D eigenvalue weighted by atomic mass is 10.6. The highest BCUT2D eigenvalue weighted by Gasteiger charge is 2.47. The zero-order chi connectivity index (χ0) is 11.4. The zero-order valence-electron chi connectivity index (χ0n) is 6.74. The first-order chi connectivity index (χ1) is 6.20. The van der Waals surface area contributed by atoms with Gasteiger partial charge in [0.05, 0.1) is 13.2 Å². The lowest BCUT2D eigenvalue weighted by Crippen LogP contribution is -2.23. The fourth-order valence-electron chi connectivity index (χ4n) is 0.279. The SMILES string of the molecule is COC(=O)/C=C/OS(=O)(=O)C(F)(F)F. The number of alkyl halides is 3. The van der Waals surface area contributed by atoms with Crippen LogP contribution in [0.25, 0.3) is 0 Å². The third kappa shape index (κ3) is 3.64. The molecule has 0 aromatic carbocycles. The van der Waals surface area contributed by atoms with E-state index >= 15 is 0 Å². The molecule has 0 radical (unpaired) electrons. The van der Waals surface area contributed by atoms with Crippen LogP contribution in [0.4, 0.5) is 13.2 Å². The summed E-state index contributed by atoms with van der Waals surface area (Å²) >= 11 is 0. The van der Waals surface area contributed by atoms with Gasteiger partial charge in [-0.2, -0.15) is 21.6 Å². The van der Waals surface area contributed by atoms with Gasteiger partial charge in [0, 0.05) is 0 Å². The van der Waals surface area contributed by atoms with Gasteiger partial charge in [-0.05, 0) is 0 Å². The molecule has 0 heterocycles. The molecule has 0 aromatic rings. The maximum absolute atomic E-state index is 11.6. The van der Waals surface area contributed by atoms with Crippen LogP contribution in [0.15, 0.2) is 12.3 Å². The third-order valence-electron chi connectivity index (χ3n) is 0.871. The van der Waals surface area contributed by atoms with Crippen LogP contribution in [-0.2, 0) is 23.8 Å². The summed E-state index contributed by atoms with van der Waals surface area (Å²) < 4.78 is 62.4. The van der Waals surface area contributed by atoms with Gasteiger partial charge in [0.1, 0.15) is 6.26 Å². The van der Waals surface area contributed by atoms with Gasteiger partial charge in [0.15, 0.2) is 0 Å². The van der Waals surface area contributed by atoms with Gasteiger partial charge in [-0.1, -0.05) is 0 Å². The number of ether oxygens (including phenoxy) is 1. The van der Waals surface area contributed by atoms with Crippen molar-refractivity contribution >= 4 is 16.1 Å². The molecule has 0 unspecified atom stereocenters. The van der Waals surface area contributed by atoms with Crippen molar-refractivity contribution in [3.05, 3.63) is 12.3 Å². The summed E-state index contributed by atoms with van der Waals surface area (Å²) in [5.41, 5.74) is -5.52. The number of halogens is 3. The van der Waals surface area contributed by atoms with E-state index in [2.05, 4.69) is 8.92 Å². The summed E-state index contributed by atoms with van der Waals surface area (Å²) in [6, 6.07) is 0. The Morgan fingerprint density at radius 1 is 1.36 bits per heavy atom. The van der Waals surface area contributed by atoms with Gasteiger partial charge >= 0.3 is 21.6 Å². The van der Waals surface area contributed by atoms with Crippen LogP contribution in [0.1, 0.15) is 0 Å². The van der Waals surface area contributed by atoms with Crippen molar-refractivity contribution in [2.75, 3.05) is 7.11 Å². The summed E-state index contributed by atoms with van der Waals surface area (Å²) in [6.45, 7) is 0. The number of methoxy groups -OCH3 is 1. The Kier molecular flexibility index (Phi) is 3.93. The molecule has 0 spiro atoms. The van der Waals surface area contributed by atoms with Crippen LogP contribution in [0.2, 0.25) is 0 Å². The molecule has 0 saturated heterocycles. The molecule has 5 nitrogen and oxygen atoms in total. The van der Waals surface area contributed by atoms with E-state index in [1.54, 1.807) is 0 Å². The Morgan fingerprint density at radius 3 is 2.21 bits per heavy atom. The van der Waals surface area contributed by atoms with Crippen LogP contribution < -0.4 is 0 Å². The second kappa shape index (κ2) is 4.31. The molecule has 9 heteroatoms. The summed E-state index contributed by atoms with van der Waals surface area (Å²) in [5, 5.41) is 0. The van der Waals surface area contributed by atoms with Gasteiger partial charge in [0.2, 0.25) is 0 Å². The molecule has 0 saturated carbocycles. The number of esters is 1. The van der Waals surface area contributed by atoms with E-state index in [-0.39, 0.29) is 6.26 Å². The Balaban J connectivity index is 4.43. The van der Waals surface area contributed by atoms with E-state index in [1.165, 1.54) is 0 Å². The Morgan fingerprint density at radius 2 is 1.86 bits per heavy atom. The highest BCUT2D eigenvalue weighted by Crippen LogP contribution is 2.24. The largest absolute Gasteiger partial charge is 0.534 e. The second-order valence-electron chi connectivity index (χ2n) is 1.82. The number of rotatable bonds is 3. The minimum Gasteiger partial charge on any atom is -0.466 e. The molecule has 0 amide bonds. The monoisotopic (exact) mass is 234 g/mol. The van der Waals surface area contributed by atoms with Gasteiger partial charge in [-0.3, -0.25) is 0 Å². The van der Waals surface area contributed by atoms with E-state index in [0.29, 0.717) is 6.08 Å². The molecular weight excluding hydrogens is 229 g/mol. The molecule has 14 heavy (non-hydrogen) atoms. The average molecular weight is 234 g/mol. The lowest BCUT2D eigenvalue weighted by Gasteiger charge is -2.04. The predicted octanol–water partition coefficient (Wildman–Crippen LogP) is 0.539. The standard InChI is InChI=1S/C5H5F3O5S/c1-12-4(9)2-3-13-14(10,11)5(6,7)8/h2-3H,1H3/b3-2+. The second-order valence-corrected chi connectivity index (χ2v) is 3.39. The van der Waals surface area contributed by atoms with Crippen LogP contribution in [-0.4, -0.2) is 27.0 Å². The highest BCUT2D eigenvalue weighted by atomic mass is 32.2. The smallest absolute Gasteiger partial charge is 0.466 e. The number of carbonyl (C=O) groups excluding carboxylic acids is 1. The molecule has 0 aromatic heterocycles. The summed E-state index contributed by atoms with van der Waals surface area (Å²) in [7, 11) is -4.73. The van der Waals surface area contributed by atoms with Crippen molar-refractivity contribution in [3.63, 3.8) is 0 Å². The Bertz CT molecular complexity index is 328. The van der Waals surface area contributed by atoms with Crippen molar-refractivity contribution in [2.45, 2.75) is 5.51 Å². The topological polar surface area (TPSA) is 69.7 Å². The fraction of sp³-hybridized carbons (Fsp3) is 0.400. The van der Waals surface area contributed by atoms with Crippen LogP contribution in [0.3, 0.4) is 0 Å². The van der Waals surface area contributed by atoms with Crippen molar-refractivity contribution in [1.29, 1.82) is 0 Å². The maximum atomic E-state index is 11.6. The van der Waals surface area contributed by atoms with Crippen LogP contribution in [0.5, 0.6) is 0 Å². The number of carbonyl (C=O) groups is 1. The maximum Gasteiger partial charge on any atom is 0.534 e. The van der Waals surface area contributed by atoms with E-state index in [1.807, 2.05) is 0 Å². The van der Waals surface area contributed by atoms with Gasteiger partial charge < -0.3 is 8.92 Å². The quantitative estimate of drug-likeness (QED) is 0.234. The van der Waals surface area contributed by atoms with E-state index < -0.39 is 21.6 Å². The molecule has 0 aliphatic heterocycles. The molecule has 0 rings (SSSR count). The minimum atomic E-state index is -5.70. The molecule has 0 aliphatic rings. The number of hydrogen-bond acceptors (Lipinski definition) is 5. The molecule has 0 fully saturated rings. The first-order valence-corrected chi connectivity index (χ1v) is 4.35. The summed E-state index contributed by atoms with van der Waals surface area (Å²) in [5.74, 6) is -1.04. The highest BCUT2D eigenvalue weighted by molar-refractivity contribution is 7.87. The lowest BCUT2D eigenvalue weighted by molar-refractivity contribution is -0.134. The fourth-order valence-corrected chi connectivity index (χ4v) is 0.590. The molecular formula is C5H5F3O5S. The Hall–Kier alpha value is -1.25. The minimum absolute atomic E-state index is 0.0780. The van der Waals surface area contributed by atoms with Crippen molar-refractivity contribution < 1.29 is 35.3 Å². The van der Waals surface area contributed by atoms with E-state index in [0.717, 1.165) is 7.11 Å². The van der Waals surface area contributed by atoms with Crippen LogP contribution >= 0.6 is 0 Å². The van der Waals surface area contributed by atoms with E-state index in [4.69, 9.17) is 0 Å². The van der Waals surface area contributed by atoms with E-state index in [9.17, 15) is 26.4 Å². The van der Waals surface area contributed by atoms with Crippen molar-refractivity contribution in [2.24, 2.45) is 0 Å². The van der Waals surface area contributed by atoms with Crippen LogP contribution in [0, 0.1) is 0 Å². The normalized spacial score (nSPS) is 12.9. The van der Waals surface area contributed by atoms with Crippen molar-refractivity contribution in [1.82, 2.24) is 0 Å². The van der Waals surface area contributed by atoms with Gasteiger partial charge in [-0.25, -0.2) is 4.79 Å². The average Bonchev–Trinajstić information content (AvgIpc) is 2.01. The molecule has 0 atom stereocenters. The molecule has 82 valence electrons. The summed E-state index contributed by atoms with van der Waals surface area (Å²) in [6.07, 6.45) is 0.470. The first-order valence-electron chi connectivity index (χ1n) is 2.95. The van der Waals surface area contributed by atoms with Gasteiger partial charge in [0.25, 0.3) is 0 Å². The van der Waals surface area contributed by atoms with Gasteiger partial charge in [-0.15, -0.1) is 0 Å². The summed E-state index contributed by atoms with van der Waals surface area (Å²) in [4.78, 5) is 10.3. The first kappa shape index (κ1) is 12.8. The molecule has 0 N–H and O–H groups in total. The predicted molar refractivity (Wildman–Crippen MR) is 37.2 cm³/mol. The van der Waals surface area contributed by atoms with Crippen molar-refractivity contribution in [3.8, 4) is 0 Å². The zero-order valence-corrected chi connectivity index (χ0v) is 7.55. The molecule has 0 bridgehead atoms.